The van der Waals surface area contributed by atoms with E-state index >= 15 is 0 Å². The van der Waals surface area contributed by atoms with Crippen molar-refractivity contribution < 1.29 is 4.79 Å². The molecule has 1 aliphatic heterocycles. The molecule has 1 amide bonds. The minimum Gasteiger partial charge on any atom is -0.325 e. The molecule has 1 heterocycles. The lowest BCUT2D eigenvalue weighted by Gasteiger charge is -2.37. The van der Waals surface area contributed by atoms with Gasteiger partial charge in [-0.25, -0.2) is 0 Å². The quantitative estimate of drug-likeness (QED) is 0.628. The highest BCUT2D eigenvalue weighted by Gasteiger charge is 2.32. The van der Waals surface area contributed by atoms with Crippen LogP contribution in [-0.2, 0) is 4.79 Å². The normalized spacial score (nSPS) is 26.9. The lowest BCUT2D eigenvalue weighted by molar-refractivity contribution is -0.119. The summed E-state index contributed by atoms with van der Waals surface area (Å²) in [6, 6.07) is 8.08. The van der Waals surface area contributed by atoms with Crippen LogP contribution in [0.3, 0.4) is 0 Å². The van der Waals surface area contributed by atoms with Gasteiger partial charge in [0.05, 0.1) is 6.17 Å². The molecule has 1 aromatic carbocycles. The summed E-state index contributed by atoms with van der Waals surface area (Å²) in [4.78, 5) is 12.4. The fraction of sp³-hybridized carbons (Fsp3) is 0.467. The monoisotopic (exact) mass is 352 g/mol. The van der Waals surface area contributed by atoms with Crippen LogP contribution in [-0.4, -0.2) is 30.4 Å². The van der Waals surface area contributed by atoms with Crippen molar-refractivity contribution in [2.24, 2.45) is 5.92 Å². The van der Waals surface area contributed by atoms with Crippen molar-refractivity contribution in [2.45, 2.75) is 38.5 Å². The number of halogens is 1. The van der Waals surface area contributed by atoms with E-state index in [1.165, 1.54) is 6.21 Å². The molecular formula is C15H21BrN4O. The molecule has 1 aromatic rings. The first-order chi connectivity index (χ1) is 9.99. The Morgan fingerprint density at radius 1 is 1.43 bits per heavy atom. The van der Waals surface area contributed by atoms with Gasteiger partial charge in [0.25, 0.3) is 0 Å². The molecule has 1 aliphatic rings. The fourth-order valence-electron chi connectivity index (χ4n) is 2.65. The summed E-state index contributed by atoms with van der Waals surface area (Å²) < 4.78 is 0.905. The molecule has 1 fully saturated rings. The van der Waals surface area contributed by atoms with Crippen molar-refractivity contribution >= 4 is 33.7 Å². The number of benzene rings is 1. The predicted molar refractivity (Wildman–Crippen MR) is 88.6 cm³/mol. The van der Waals surface area contributed by atoms with E-state index in [4.69, 9.17) is 5.41 Å². The van der Waals surface area contributed by atoms with E-state index in [0.717, 1.165) is 16.6 Å². The fourth-order valence-corrected chi connectivity index (χ4v) is 3.05. The smallest absolute Gasteiger partial charge is 0.235 e. The molecule has 0 radical (unpaired) electrons. The second-order valence-corrected chi connectivity index (χ2v) is 6.46. The van der Waals surface area contributed by atoms with Crippen LogP contribution in [0.15, 0.2) is 28.7 Å². The summed E-state index contributed by atoms with van der Waals surface area (Å²) in [6.07, 6.45) is 1.99. The maximum atomic E-state index is 12.4. The Kier molecular flexibility index (Phi) is 5.50. The third kappa shape index (κ3) is 4.36. The molecule has 1 saturated heterocycles. The molecule has 3 unspecified atom stereocenters. The lowest BCUT2D eigenvalue weighted by Crippen LogP contribution is -2.61. The average Bonchev–Trinajstić information content (AvgIpc) is 2.38. The van der Waals surface area contributed by atoms with Gasteiger partial charge < -0.3 is 10.7 Å². The van der Waals surface area contributed by atoms with Crippen LogP contribution in [0, 0.1) is 11.3 Å². The number of rotatable bonds is 4. The van der Waals surface area contributed by atoms with E-state index in [0.29, 0.717) is 12.1 Å². The summed E-state index contributed by atoms with van der Waals surface area (Å²) in [7, 11) is 0. The largest absolute Gasteiger partial charge is 0.325 e. The molecule has 0 aromatic heterocycles. The van der Waals surface area contributed by atoms with Gasteiger partial charge in [0.15, 0.2) is 0 Å². The maximum Gasteiger partial charge on any atom is 0.235 e. The van der Waals surface area contributed by atoms with Crippen LogP contribution in [0.5, 0.6) is 0 Å². The second kappa shape index (κ2) is 7.15. The summed E-state index contributed by atoms with van der Waals surface area (Å²) in [5.74, 6) is -0.733. The van der Waals surface area contributed by atoms with Crippen LogP contribution >= 0.6 is 15.9 Å². The van der Waals surface area contributed by atoms with Crippen molar-refractivity contribution in [3.05, 3.63) is 28.7 Å². The summed E-state index contributed by atoms with van der Waals surface area (Å²) in [5.41, 5.74) is 0.720. The Bertz CT molecular complexity index is 512. The first kappa shape index (κ1) is 16.1. The van der Waals surface area contributed by atoms with Gasteiger partial charge in [-0.2, -0.15) is 0 Å². The van der Waals surface area contributed by atoms with E-state index in [-0.39, 0.29) is 12.1 Å². The highest BCUT2D eigenvalue weighted by Crippen LogP contribution is 2.17. The van der Waals surface area contributed by atoms with Crippen LogP contribution in [0.4, 0.5) is 5.69 Å². The second-order valence-electron chi connectivity index (χ2n) is 5.54. The van der Waals surface area contributed by atoms with Crippen LogP contribution in [0.2, 0.25) is 0 Å². The number of hydrogen-bond donors (Lipinski definition) is 4. The van der Waals surface area contributed by atoms with Gasteiger partial charge in [0, 0.05) is 28.5 Å². The summed E-state index contributed by atoms with van der Waals surface area (Å²) in [5, 5.41) is 17.1. The van der Waals surface area contributed by atoms with Gasteiger partial charge in [-0.1, -0.05) is 22.0 Å². The average molecular weight is 353 g/mol. The maximum absolute atomic E-state index is 12.4. The van der Waals surface area contributed by atoms with Gasteiger partial charge in [-0.05, 0) is 38.5 Å². The van der Waals surface area contributed by atoms with Crippen LogP contribution < -0.4 is 16.0 Å². The Labute approximate surface area is 133 Å². The number of anilines is 1. The molecule has 2 rings (SSSR count). The first-order valence-electron chi connectivity index (χ1n) is 7.08. The SMILES string of the molecule is CC1CC(C)NC(C(C=N)C(=O)Nc2cccc(Br)c2)N1. The van der Waals surface area contributed by atoms with E-state index in [9.17, 15) is 4.79 Å². The molecule has 5 nitrogen and oxygen atoms in total. The highest BCUT2D eigenvalue weighted by atomic mass is 79.9. The van der Waals surface area contributed by atoms with Crippen molar-refractivity contribution in [3.8, 4) is 0 Å². The minimum atomic E-state index is -0.547. The van der Waals surface area contributed by atoms with Gasteiger partial charge in [-0.3, -0.25) is 15.4 Å². The van der Waals surface area contributed by atoms with Crippen molar-refractivity contribution in [2.75, 3.05) is 5.32 Å². The molecule has 21 heavy (non-hydrogen) atoms. The van der Waals surface area contributed by atoms with E-state index < -0.39 is 5.92 Å². The highest BCUT2D eigenvalue weighted by molar-refractivity contribution is 9.10. The first-order valence-corrected chi connectivity index (χ1v) is 7.88. The van der Waals surface area contributed by atoms with Gasteiger partial charge in [0.1, 0.15) is 5.92 Å². The molecular weight excluding hydrogens is 332 g/mol. The molecule has 0 bridgehead atoms. The molecule has 3 atom stereocenters. The Hall–Kier alpha value is -1.24. The minimum absolute atomic E-state index is 0.186. The van der Waals surface area contributed by atoms with E-state index in [2.05, 4.69) is 45.7 Å². The zero-order valence-corrected chi connectivity index (χ0v) is 13.8. The Morgan fingerprint density at radius 3 is 2.67 bits per heavy atom. The van der Waals surface area contributed by atoms with E-state index in [1.807, 2.05) is 24.3 Å². The Balaban J connectivity index is 2.06. The number of nitrogens with one attached hydrogen (secondary N) is 4. The third-order valence-electron chi connectivity index (χ3n) is 3.57. The third-order valence-corrected chi connectivity index (χ3v) is 4.06. The van der Waals surface area contributed by atoms with Gasteiger partial charge in [-0.15, -0.1) is 0 Å². The Morgan fingerprint density at radius 2 is 2.10 bits per heavy atom. The van der Waals surface area contributed by atoms with Crippen molar-refractivity contribution in [3.63, 3.8) is 0 Å². The molecule has 114 valence electrons. The molecule has 4 N–H and O–H groups in total. The predicted octanol–water partition coefficient (Wildman–Crippen LogP) is 2.34. The standard InChI is InChI=1S/C15H21BrN4O/c1-9-6-10(2)19-14(18-9)13(8-17)15(21)20-12-5-3-4-11(16)7-12/h3-5,7-10,13-14,17-19H,6H2,1-2H3,(H,20,21). The van der Waals surface area contributed by atoms with E-state index in [1.54, 1.807) is 0 Å². The molecule has 0 saturated carbocycles. The number of amides is 1. The molecule has 6 heteroatoms. The van der Waals surface area contributed by atoms with Crippen LogP contribution in [0.25, 0.3) is 0 Å². The number of hydrogen-bond acceptors (Lipinski definition) is 4. The van der Waals surface area contributed by atoms with Crippen molar-refractivity contribution in [1.29, 1.82) is 5.41 Å². The number of carbonyl (C=O) groups is 1. The van der Waals surface area contributed by atoms with Gasteiger partial charge in [0.2, 0.25) is 5.91 Å². The molecule has 0 spiro atoms. The summed E-state index contributed by atoms with van der Waals surface area (Å²) in [6.45, 7) is 4.19. The van der Waals surface area contributed by atoms with Gasteiger partial charge >= 0.3 is 0 Å². The lowest BCUT2D eigenvalue weighted by atomic mass is 9.98. The number of carbonyl (C=O) groups excluding carboxylic acids is 1. The van der Waals surface area contributed by atoms with Crippen molar-refractivity contribution in [1.82, 2.24) is 10.6 Å². The topological polar surface area (TPSA) is 77.0 Å². The van der Waals surface area contributed by atoms with Crippen LogP contribution in [0.1, 0.15) is 20.3 Å². The zero-order chi connectivity index (χ0) is 15.4. The zero-order valence-electron chi connectivity index (χ0n) is 12.2. The molecule has 0 aliphatic carbocycles. The summed E-state index contributed by atoms with van der Waals surface area (Å²) >= 11 is 3.38.